The number of anilines is 1. The molecule has 0 saturated carbocycles. The van der Waals surface area contributed by atoms with E-state index in [2.05, 4.69) is 5.32 Å². The minimum absolute atomic E-state index is 0.0141. The molecule has 1 aliphatic rings. The number of hydrogen-bond acceptors (Lipinski definition) is 5. The molecule has 0 unspecified atom stereocenters. The van der Waals surface area contributed by atoms with Crippen molar-refractivity contribution in [2.45, 2.75) is 26.7 Å². The summed E-state index contributed by atoms with van der Waals surface area (Å²) in [5.74, 6) is -1.74. The molecule has 3 amide bonds. The van der Waals surface area contributed by atoms with Crippen LogP contribution < -0.4 is 5.32 Å². The van der Waals surface area contributed by atoms with Crippen molar-refractivity contribution in [2.75, 3.05) is 18.5 Å². The van der Waals surface area contributed by atoms with Gasteiger partial charge in [0.1, 0.15) is 0 Å². The Hall–Kier alpha value is -4.00. The summed E-state index contributed by atoms with van der Waals surface area (Å²) < 4.78 is 5.04. The van der Waals surface area contributed by atoms with Gasteiger partial charge in [-0.05, 0) is 61.0 Å². The van der Waals surface area contributed by atoms with Crippen LogP contribution in [0.25, 0.3) is 10.8 Å². The van der Waals surface area contributed by atoms with E-state index in [-0.39, 0.29) is 31.2 Å². The molecule has 0 atom stereocenters. The van der Waals surface area contributed by atoms with Gasteiger partial charge >= 0.3 is 5.97 Å². The molecule has 0 aromatic heterocycles. The Labute approximate surface area is 191 Å². The standard InChI is InChI=1S/C26H24N2O5/c1-16-11-12-19(14-17(16)2)27-22(29)15-33-23(30)10-5-13-28-25(31)20-8-3-6-18-7-4-9-21(24(18)20)26(28)32/h3-4,6-9,11-12,14H,5,10,13,15H2,1-2H3,(H,27,29). The van der Waals surface area contributed by atoms with E-state index in [1.807, 2.05) is 38.1 Å². The van der Waals surface area contributed by atoms with Gasteiger partial charge in [-0.3, -0.25) is 24.1 Å². The number of esters is 1. The SMILES string of the molecule is Cc1ccc(NC(=O)COC(=O)CCCN2C(=O)c3cccc4cccc(c34)C2=O)cc1C. The largest absolute Gasteiger partial charge is 0.456 e. The van der Waals surface area contributed by atoms with Gasteiger partial charge in [0.2, 0.25) is 0 Å². The molecule has 3 aromatic carbocycles. The van der Waals surface area contributed by atoms with E-state index in [1.165, 1.54) is 0 Å². The third-order valence-electron chi connectivity index (χ3n) is 5.77. The average Bonchev–Trinajstić information content (AvgIpc) is 2.80. The highest BCUT2D eigenvalue weighted by molar-refractivity contribution is 6.25. The Morgan fingerprint density at radius 3 is 2.21 bits per heavy atom. The number of aryl methyl sites for hydroxylation is 2. The van der Waals surface area contributed by atoms with Crippen LogP contribution in [-0.4, -0.2) is 41.7 Å². The molecule has 1 heterocycles. The van der Waals surface area contributed by atoms with E-state index in [0.29, 0.717) is 22.2 Å². The highest BCUT2D eigenvalue weighted by Crippen LogP contribution is 2.30. The van der Waals surface area contributed by atoms with Crippen molar-refractivity contribution in [2.24, 2.45) is 0 Å². The molecular weight excluding hydrogens is 420 g/mol. The summed E-state index contributed by atoms with van der Waals surface area (Å²) in [7, 11) is 0. The van der Waals surface area contributed by atoms with Crippen molar-refractivity contribution < 1.29 is 23.9 Å². The molecule has 33 heavy (non-hydrogen) atoms. The Balaban J connectivity index is 1.28. The zero-order chi connectivity index (χ0) is 23.5. The maximum Gasteiger partial charge on any atom is 0.306 e. The van der Waals surface area contributed by atoms with Gasteiger partial charge in [0.25, 0.3) is 17.7 Å². The number of nitrogens with one attached hydrogen (secondary N) is 1. The first-order chi connectivity index (χ1) is 15.8. The van der Waals surface area contributed by atoms with Gasteiger partial charge in [-0.2, -0.15) is 0 Å². The Bertz CT molecular complexity index is 1230. The monoisotopic (exact) mass is 444 g/mol. The topological polar surface area (TPSA) is 92.8 Å². The van der Waals surface area contributed by atoms with Crippen LogP contribution in [-0.2, 0) is 14.3 Å². The van der Waals surface area contributed by atoms with Crippen LogP contribution in [0.2, 0.25) is 0 Å². The normalized spacial score (nSPS) is 12.7. The molecule has 1 N–H and O–H groups in total. The van der Waals surface area contributed by atoms with Gasteiger partial charge < -0.3 is 10.1 Å². The molecule has 0 saturated heterocycles. The van der Waals surface area contributed by atoms with Crippen LogP contribution in [0.1, 0.15) is 44.7 Å². The van der Waals surface area contributed by atoms with E-state index < -0.39 is 18.5 Å². The fourth-order valence-electron chi connectivity index (χ4n) is 3.90. The molecular formula is C26H24N2O5. The summed E-state index contributed by atoms with van der Waals surface area (Å²) >= 11 is 0. The molecule has 168 valence electrons. The van der Waals surface area contributed by atoms with Crippen LogP contribution >= 0.6 is 0 Å². The van der Waals surface area contributed by atoms with Gasteiger partial charge in [0.05, 0.1) is 0 Å². The lowest BCUT2D eigenvalue weighted by atomic mass is 9.94. The molecule has 0 bridgehead atoms. The summed E-state index contributed by atoms with van der Waals surface area (Å²) in [6.45, 7) is 3.61. The smallest absolute Gasteiger partial charge is 0.306 e. The van der Waals surface area contributed by atoms with Crippen LogP contribution in [0.15, 0.2) is 54.6 Å². The Morgan fingerprint density at radius 1 is 0.909 bits per heavy atom. The zero-order valence-corrected chi connectivity index (χ0v) is 18.5. The molecule has 7 nitrogen and oxygen atoms in total. The first kappa shape index (κ1) is 22.2. The van der Waals surface area contributed by atoms with Crippen LogP contribution in [0.5, 0.6) is 0 Å². The second-order valence-electron chi connectivity index (χ2n) is 8.08. The summed E-state index contributed by atoms with van der Waals surface area (Å²) in [5, 5.41) is 4.20. The van der Waals surface area contributed by atoms with Crippen molar-refractivity contribution in [1.82, 2.24) is 4.90 Å². The van der Waals surface area contributed by atoms with Gasteiger partial charge in [-0.25, -0.2) is 0 Å². The van der Waals surface area contributed by atoms with Crippen molar-refractivity contribution >= 4 is 40.2 Å². The Kier molecular flexibility index (Phi) is 6.22. The number of carbonyl (C=O) groups is 4. The van der Waals surface area contributed by atoms with Gasteiger partial charge in [-0.15, -0.1) is 0 Å². The van der Waals surface area contributed by atoms with E-state index >= 15 is 0 Å². The van der Waals surface area contributed by atoms with E-state index in [1.54, 1.807) is 30.3 Å². The van der Waals surface area contributed by atoms with E-state index in [4.69, 9.17) is 4.74 Å². The number of ether oxygens (including phenoxy) is 1. The maximum atomic E-state index is 12.9. The summed E-state index contributed by atoms with van der Waals surface area (Å²) in [4.78, 5) is 51.0. The molecule has 0 aliphatic carbocycles. The first-order valence-corrected chi connectivity index (χ1v) is 10.8. The Morgan fingerprint density at radius 2 is 1.58 bits per heavy atom. The molecule has 0 radical (unpaired) electrons. The van der Waals surface area contributed by atoms with Crippen LogP contribution in [0.4, 0.5) is 5.69 Å². The quantitative estimate of drug-likeness (QED) is 0.439. The maximum absolute atomic E-state index is 12.9. The van der Waals surface area contributed by atoms with Crippen molar-refractivity contribution in [3.8, 4) is 0 Å². The number of rotatable bonds is 7. The lowest BCUT2D eigenvalue weighted by Crippen LogP contribution is -2.41. The first-order valence-electron chi connectivity index (χ1n) is 10.8. The molecule has 0 spiro atoms. The second kappa shape index (κ2) is 9.24. The molecule has 0 fully saturated rings. The van der Waals surface area contributed by atoms with Gasteiger partial charge in [-0.1, -0.05) is 30.3 Å². The van der Waals surface area contributed by atoms with Crippen LogP contribution in [0.3, 0.4) is 0 Å². The zero-order valence-electron chi connectivity index (χ0n) is 18.5. The predicted molar refractivity (Wildman–Crippen MR) is 124 cm³/mol. The minimum Gasteiger partial charge on any atom is -0.456 e. The summed E-state index contributed by atoms with van der Waals surface area (Å²) in [5.41, 5.74) is 3.76. The summed E-state index contributed by atoms with van der Waals surface area (Å²) in [6, 6.07) is 16.2. The van der Waals surface area contributed by atoms with Gasteiger partial charge in [0.15, 0.2) is 6.61 Å². The summed E-state index contributed by atoms with van der Waals surface area (Å²) in [6.07, 6.45) is 0.229. The molecule has 1 aliphatic heterocycles. The number of carbonyl (C=O) groups excluding carboxylic acids is 4. The number of amides is 3. The predicted octanol–water partition coefficient (Wildman–Crippen LogP) is 4.01. The number of imide groups is 1. The lowest BCUT2D eigenvalue weighted by molar-refractivity contribution is -0.147. The third kappa shape index (κ3) is 4.62. The third-order valence-corrected chi connectivity index (χ3v) is 5.77. The van der Waals surface area contributed by atoms with Crippen molar-refractivity contribution in [3.63, 3.8) is 0 Å². The lowest BCUT2D eigenvalue weighted by Gasteiger charge is -2.27. The number of nitrogens with zero attached hydrogens (tertiary/aromatic N) is 1. The highest BCUT2D eigenvalue weighted by Gasteiger charge is 2.32. The van der Waals surface area contributed by atoms with E-state index in [0.717, 1.165) is 21.4 Å². The van der Waals surface area contributed by atoms with Crippen LogP contribution in [0, 0.1) is 13.8 Å². The second-order valence-corrected chi connectivity index (χ2v) is 8.08. The number of hydrogen-bond donors (Lipinski definition) is 1. The molecule has 4 rings (SSSR count). The highest BCUT2D eigenvalue weighted by atomic mass is 16.5. The van der Waals surface area contributed by atoms with Crippen molar-refractivity contribution in [1.29, 1.82) is 0 Å². The molecule has 3 aromatic rings. The minimum atomic E-state index is -0.565. The number of benzene rings is 3. The fraction of sp³-hybridized carbons (Fsp3) is 0.231. The molecule has 7 heteroatoms. The fourth-order valence-corrected chi connectivity index (χ4v) is 3.90. The van der Waals surface area contributed by atoms with Crippen molar-refractivity contribution in [3.05, 3.63) is 76.9 Å². The van der Waals surface area contributed by atoms with E-state index in [9.17, 15) is 19.2 Å². The average molecular weight is 444 g/mol. The van der Waals surface area contributed by atoms with Gasteiger partial charge in [0, 0.05) is 35.2 Å².